The van der Waals surface area contributed by atoms with Gasteiger partial charge in [0.2, 0.25) is 0 Å². The number of nitrogens with one attached hydrogen (secondary N) is 2. The summed E-state index contributed by atoms with van der Waals surface area (Å²) in [5, 5.41) is 18.5. The number of rotatable bonds is 7. The smallest absolute Gasteiger partial charge is 0.348 e. The molecule has 3 atom stereocenters. The van der Waals surface area contributed by atoms with Crippen molar-refractivity contribution in [2.24, 2.45) is 5.92 Å². The number of hydrogen-bond donors (Lipinski definition) is 3. The number of amides is 1. The molecule has 0 saturated heterocycles. The van der Waals surface area contributed by atoms with Crippen molar-refractivity contribution in [3.63, 3.8) is 0 Å². The summed E-state index contributed by atoms with van der Waals surface area (Å²) in [5.74, 6) is -0.541. The van der Waals surface area contributed by atoms with Crippen LogP contribution in [0.3, 0.4) is 0 Å². The van der Waals surface area contributed by atoms with Gasteiger partial charge in [0.1, 0.15) is 10.6 Å². The van der Waals surface area contributed by atoms with E-state index >= 15 is 0 Å². The number of hydrogen-bond acceptors (Lipinski definition) is 6. The third-order valence-electron chi connectivity index (χ3n) is 6.31. The number of aromatic carboxylic acids is 1. The van der Waals surface area contributed by atoms with Crippen molar-refractivity contribution in [2.75, 3.05) is 10.6 Å². The number of benzene rings is 2. The van der Waals surface area contributed by atoms with Gasteiger partial charge in [-0.3, -0.25) is 4.79 Å². The average Bonchev–Trinajstić information content (AvgIpc) is 3.24. The lowest BCUT2D eigenvalue weighted by molar-refractivity contribution is 0.0703. The largest absolute Gasteiger partial charge is 0.477 e. The van der Waals surface area contributed by atoms with E-state index in [1.807, 2.05) is 30.3 Å². The Bertz CT molecular complexity index is 1400. The summed E-state index contributed by atoms with van der Waals surface area (Å²) in [4.78, 5) is 29.3. The Morgan fingerprint density at radius 2 is 1.89 bits per heavy atom. The van der Waals surface area contributed by atoms with Crippen LogP contribution in [0.25, 0.3) is 10.4 Å². The fourth-order valence-electron chi connectivity index (χ4n) is 4.39. The molecule has 0 radical (unpaired) electrons. The van der Waals surface area contributed by atoms with E-state index in [0.29, 0.717) is 33.9 Å². The average molecular weight is 524 g/mol. The number of nitrogens with zero attached hydrogens (tertiary/aromatic N) is 1. The maximum absolute atomic E-state index is 12.2. The molecule has 3 N–H and O–H groups in total. The molecule has 35 heavy (non-hydrogen) atoms. The number of thiazole rings is 1. The Morgan fingerprint density at radius 3 is 2.54 bits per heavy atom. The Hall–Kier alpha value is -3.20. The number of anilines is 2. The minimum atomic E-state index is -0.955. The molecule has 0 spiro atoms. The Balaban J connectivity index is 1.33. The van der Waals surface area contributed by atoms with Crippen molar-refractivity contribution in [2.45, 2.75) is 25.8 Å². The SMILES string of the molecule is Cc1cc(Cl)ccc1C1C(C)C1Nc1cc(-c2ccc(NC(=O)c3cscn3)cc2)sc1C(=O)O. The van der Waals surface area contributed by atoms with Gasteiger partial charge in [0.05, 0.1) is 11.2 Å². The van der Waals surface area contributed by atoms with E-state index in [9.17, 15) is 14.7 Å². The number of halogens is 1. The molecule has 0 aliphatic heterocycles. The van der Waals surface area contributed by atoms with Gasteiger partial charge in [-0.1, -0.05) is 36.7 Å². The number of carbonyl (C=O) groups excluding carboxylic acids is 1. The molecule has 1 fully saturated rings. The van der Waals surface area contributed by atoms with E-state index in [1.165, 1.54) is 28.2 Å². The second-order valence-corrected chi connectivity index (χ2v) is 10.8. The van der Waals surface area contributed by atoms with Crippen LogP contribution in [0.15, 0.2) is 59.4 Å². The third kappa shape index (κ3) is 4.82. The van der Waals surface area contributed by atoms with E-state index in [1.54, 1.807) is 23.0 Å². The van der Waals surface area contributed by atoms with Crippen LogP contribution >= 0.6 is 34.3 Å². The Labute approximate surface area is 215 Å². The number of carbonyl (C=O) groups is 2. The summed E-state index contributed by atoms with van der Waals surface area (Å²) in [7, 11) is 0. The van der Waals surface area contributed by atoms with Crippen LogP contribution in [0.4, 0.5) is 11.4 Å². The number of carboxylic acids is 1. The van der Waals surface area contributed by atoms with Crippen LogP contribution in [-0.4, -0.2) is 28.0 Å². The molecule has 1 saturated carbocycles. The molecule has 3 unspecified atom stereocenters. The molecular weight excluding hydrogens is 502 g/mol. The van der Waals surface area contributed by atoms with Gasteiger partial charge < -0.3 is 15.7 Å². The highest BCUT2D eigenvalue weighted by Crippen LogP contribution is 2.51. The highest BCUT2D eigenvalue weighted by molar-refractivity contribution is 7.18. The van der Waals surface area contributed by atoms with Gasteiger partial charge in [-0.2, -0.15) is 0 Å². The molecular formula is C26H22ClN3O3S2. The molecule has 1 aliphatic rings. The van der Waals surface area contributed by atoms with Gasteiger partial charge in [-0.25, -0.2) is 9.78 Å². The molecule has 1 aliphatic carbocycles. The second-order valence-electron chi connectivity index (χ2n) is 8.62. The molecule has 4 aromatic rings. The highest BCUT2D eigenvalue weighted by Gasteiger charge is 2.48. The fourth-order valence-corrected chi connectivity index (χ4v) is 6.11. The van der Waals surface area contributed by atoms with Crippen molar-refractivity contribution in [1.82, 2.24) is 4.98 Å². The van der Waals surface area contributed by atoms with E-state index in [-0.39, 0.29) is 16.8 Å². The van der Waals surface area contributed by atoms with Gasteiger partial charge in [0.15, 0.2) is 0 Å². The molecule has 2 heterocycles. The van der Waals surface area contributed by atoms with Gasteiger partial charge in [-0.15, -0.1) is 22.7 Å². The van der Waals surface area contributed by atoms with E-state index in [2.05, 4.69) is 35.5 Å². The first-order valence-electron chi connectivity index (χ1n) is 11.0. The van der Waals surface area contributed by atoms with E-state index in [0.717, 1.165) is 16.0 Å². The number of aryl methyl sites for hydroxylation is 1. The molecule has 6 nitrogen and oxygen atoms in total. The molecule has 178 valence electrons. The summed E-state index contributed by atoms with van der Waals surface area (Å²) >= 11 is 8.72. The topological polar surface area (TPSA) is 91.3 Å². The lowest BCUT2D eigenvalue weighted by Crippen LogP contribution is -2.11. The lowest BCUT2D eigenvalue weighted by atomic mass is 10.0. The number of carboxylic acid groups (broad SMARTS) is 1. The summed E-state index contributed by atoms with van der Waals surface area (Å²) in [6, 6.07) is 15.3. The van der Waals surface area contributed by atoms with Crippen LogP contribution in [0.1, 0.15) is 44.1 Å². The summed E-state index contributed by atoms with van der Waals surface area (Å²) < 4.78 is 0. The molecule has 2 aromatic heterocycles. The predicted octanol–water partition coefficient (Wildman–Crippen LogP) is 7.00. The first-order valence-corrected chi connectivity index (χ1v) is 13.1. The summed E-state index contributed by atoms with van der Waals surface area (Å²) in [6.07, 6.45) is 0. The zero-order chi connectivity index (χ0) is 24.7. The first-order chi connectivity index (χ1) is 16.8. The number of thiophene rings is 1. The Kier molecular flexibility index (Phi) is 6.35. The van der Waals surface area contributed by atoms with Crippen molar-refractivity contribution in [3.05, 3.63) is 86.1 Å². The van der Waals surface area contributed by atoms with Gasteiger partial charge in [-0.05, 0) is 59.9 Å². The fraction of sp³-hybridized carbons (Fsp3) is 0.192. The lowest BCUT2D eigenvalue weighted by Gasteiger charge is -2.08. The van der Waals surface area contributed by atoms with Gasteiger partial charge in [0.25, 0.3) is 5.91 Å². The molecule has 1 amide bonds. The quantitative estimate of drug-likeness (QED) is 0.242. The molecule has 9 heteroatoms. The molecule has 0 bridgehead atoms. The van der Waals surface area contributed by atoms with Crippen LogP contribution in [0.2, 0.25) is 5.02 Å². The zero-order valence-electron chi connectivity index (χ0n) is 18.9. The van der Waals surface area contributed by atoms with E-state index in [4.69, 9.17) is 11.6 Å². The Morgan fingerprint density at radius 1 is 1.11 bits per heavy atom. The van der Waals surface area contributed by atoms with Crippen molar-refractivity contribution >= 4 is 57.5 Å². The maximum atomic E-state index is 12.2. The maximum Gasteiger partial charge on any atom is 0.348 e. The van der Waals surface area contributed by atoms with Gasteiger partial charge >= 0.3 is 5.97 Å². The standard InChI is InChI=1S/C26H22ClN3O3S2/c1-13-9-16(27)5-8-18(13)22-14(2)23(22)30-19-10-21(35-24(19)26(32)33)15-3-6-17(7-4-15)29-25(31)20-11-34-12-28-20/h3-12,14,22-23,30H,1-2H3,(H,29,31)(H,32,33). The van der Waals surface area contributed by atoms with Crippen LogP contribution in [0, 0.1) is 12.8 Å². The van der Waals surface area contributed by atoms with Crippen molar-refractivity contribution in [3.8, 4) is 10.4 Å². The van der Waals surface area contributed by atoms with Crippen LogP contribution in [-0.2, 0) is 0 Å². The zero-order valence-corrected chi connectivity index (χ0v) is 21.3. The minimum absolute atomic E-state index is 0.152. The van der Waals surface area contributed by atoms with Gasteiger partial charge in [0, 0.05) is 32.9 Å². The van der Waals surface area contributed by atoms with Crippen LogP contribution in [0.5, 0.6) is 0 Å². The van der Waals surface area contributed by atoms with Crippen molar-refractivity contribution < 1.29 is 14.7 Å². The normalized spacial score (nSPS) is 18.8. The van der Waals surface area contributed by atoms with Crippen LogP contribution < -0.4 is 10.6 Å². The third-order valence-corrected chi connectivity index (χ3v) is 8.30. The summed E-state index contributed by atoms with van der Waals surface area (Å²) in [5.41, 5.74) is 6.53. The minimum Gasteiger partial charge on any atom is -0.477 e. The molecule has 2 aromatic carbocycles. The first kappa shape index (κ1) is 23.5. The predicted molar refractivity (Wildman–Crippen MR) is 142 cm³/mol. The van der Waals surface area contributed by atoms with E-state index < -0.39 is 5.97 Å². The second kappa shape index (κ2) is 9.45. The summed E-state index contributed by atoms with van der Waals surface area (Å²) in [6.45, 7) is 4.22. The highest BCUT2D eigenvalue weighted by atomic mass is 35.5. The number of aromatic nitrogens is 1. The molecule has 5 rings (SSSR count). The monoisotopic (exact) mass is 523 g/mol. The van der Waals surface area contributed by atoms with Crippen molar-refractivity contribution in [1.29, 1.82) is 0 Å².